The van der Waals surface area contributed by atoms with Crippen LogP contribution < -0.4 is 9.64 Å². The number of ether oxygens (including phenoxy) is 1. The molecule has 5 heteroatoms. The predicted octanol–water partition coefficient (Wildman–Crippen LogP) is 3.16. The van der Waals surface area contributed by atoms with Gasteiger partial charge in [0.25, 0.3) is 0 Å². The van der Waals surface area contributed by atoms with E-state index < -0.39 is 0 Å². The first-order valence-corrected chi connectivity index (χ1v) is 8.87. The van der Waals surface area contributed by atoms with Crippen molar-refractivity contribution in [3.63, 3.8) is 0 Å². The van der Waals surface area contributed by atoms with Crippen molar-refractivity contribution in [2.24, 2.45) is 0 Å². The van der Waals surface area contributed by atoms with E-state index in [2.05, 4.69) is 46.9 Å². The van der Waals surface area contributed by atoms with Crippen molar-refractivity contribution in [3.05, 3.63) is 46.9 Å². The first-order chi connectivity index (χ1) is 11.9. The molecule has 1 N–H and O–H groups in total. The summed E-state index contributed by atoms with van der Waals surface area (Å²) < 4.78 is 5.95. The third-order valence-electron chi connectivity index (χ3n) is 4.79. The number of nitrogens with zero attached hydrogens (tertiary/aromatic N) is 3. The van der Waals surface area contributed by atoms with Crippen molar-refractivity contribution in [2.45, 2.75) is 45.6 Å². The Morgan fingerprint density at radius 3 is 2.64 bits per heavy atom. The summed E-state index contributed by atoms with van der Waals surface area (Å²) in [5.41, 5.74) is 3.39. The van der Waals surface area contributed by atoms with Gasteiger partial charge in [0.15, 0.2) is 0 Å². The molecule has 1 heterocycles. The fraction of sp³-hybridized carbons (Fsp3) is 0.500. The van der Waals surface area contributed by atoms with E-state index >= 15 is 0 Å². The minimum absolute atomic E-state index is 0.174. The standard InChI is InChI=1S/C20H27N3O2/c1-13-5-6-14(2)19(9-13)25-8-7-23(4)20-12-18(21-15(3)22-20)16-10-17(24)11-16/h5-6,9,12,16-17,24H,7-8,10-11H2,1-4H3. The summed E-state index contributed by atoms with van der Waals surface area (Å²) >= 11 is 0. The van der Waals surface area contributed by atoms with E-state index in [1.54, 1.807) is 0 Å². The molecular formula is C20H27N3O2. The minimum Gasteiger partial charge on any atom is -0.491 e. The van der Waals surface area contributed by atoms with Gasteiger partial charge in [-0.3, -0.25) is 0 Å². The number of aliphatic hydroxyl groups is 1. The molecule has 134 valence electrons. The summed E-state index contributed by atoms with van der Waals surface area (Å²) in [6.07, 6.45) is 1.43. The van der Waals surface area contributed by atoms with E-state index in [1.807, 2.05) is 20.0 Å². The lowest BCUT2D eigenvalue weighted by Gasteiger charge is -2.31. The lowest BCUT2D eigenvalue weighted by atomic mass is 9.80. The number of anilines is 1. The first kappa shape index (κ1) is 17.7. The molecule has 2 aromatic rings. The third kappa shape index (κ3) is 4.28. The number of benzene rings is 1. The SMILES string of the molecule is Cc1ccc(C)c(OCCN(C)c2cc(C3CC(O)C3)nc(C)n2)c1. The van der Waals surface area contributed by atoms with E-state index in [0.29, 0.717) is 12.5 Å². The van der Waals surface area contributed by atoms with E-state index in [4.69, 9.17) is 4.74 Å². The molecule has 1 fully saturated rings. The molecule has 0 bridgehead atoms. The molecule has 25 heavy (non-hydrogen) atoms. The number of hydrogen-bond donors (Lipinski definition) is 1. The van der Waals surface area contributed by atoms with Gasteiger partial charge in [-0.1, -0.05) is 12.1 Å². The molecule has 1 aliphatic carbocycles. The molecular weight excluding hydrogens is 314 g/mol. The highest BCUT2D eigenvalue weighted by atomic mass is 16.5. The average Bonchev–Trinajstić information content (AvgIpc) is 2.54. The predicted molar refractivity (Wildman–Crippen MR) is 99.4 cm³/mol. The van der Waals surface area contributed by atoms with Gasteiger partial charge in [0, 0.05) is 24.7 Å². The summed E-state index contributed by atoms with van der Waals surface area (Å²) in [5, 5.41) is 9.52. The van der Waals surface area contributed by atoms with E-state index in [0.717, 1.165) is 48.0 Å². The molecule has 0 amide bonds. The van der Waals surface area contributed by atoms with Crippen LogP contribution in [0.25, 0.3) is 0 Å². The van der Waals surface area contributed by atoms with Gasteiger partial charge < -0.3 is 14.7 Å². The lowest BCUT2D eigenvalue weighted by Crippen LogP contribution is -2.29. The van der Waals surface area contributed by atoms with Crippen molar-refractivity contribution in [2.75, 3.05) is 25.1 Å². The third-order valence-corrected chi connectivity index (χ3v) is 4.79. The van der Waals surface area contributed by atoms with Gasteiger partial charge in [0.2, 0.25) is 0 Å². The molecule has 0 unspecified atom stereocenters. The van der Waals surface area contributed by atoms with Crippen LogP contribution in [0.15, 0.2) is 24.3 Å². The van der Waals surface area contributed by atoms with Gasteiger partial charge in [-0.2, -0.15) is 0 Å². The minimum atomic E-state index is -0.174. The number of aromatic nitrogens is 2. The zero-order valence-electron chi connectivity index (χ0n) is 15.5. The number of rotatable bonds is 6. The van der Waals surface area contributed by atoms with Gasteiger partial charge in [-0.15, -0.1) is 0 Å². The Balaban J connectivity index is 1.61. The molecule has 1 aromatic carbocycles. The highest BCUT2D eigenvalue weighted by Gasteiger charge is 2.30. The van der Waals surface area contributed by atoms with Crippen LogP contribution in [0.2, 0.25) is 0 Å². The second kappa shape index (κ2) is 7.40. The second-order valence-electron chi connectivity index (χ2n) is 7.06. The molecule has 0 aliphatic heterocycles. The van der Waals surface area contributed by atoms with Crippen molar-refractivity contribution < 1.29 is 9.84 Å². The number of aryl methyl sites for hydroxylation is 3. The number of hydrogen-bond acceptors (Lipinski definition) is 5. The monoisotopic (exact) mass is 341 g/mol. The molecule has 0 atom stereocenters. The maximum absolute atomic E-state index is 9.52. The van der Waals surface area contributed by atoms with Crippen LogP contribution in [0.1, 0.15) is 41.4 Å². The highest BCUT2D eigenvalue weighted by Crippen LogP contribution is 2.36. The van der Waals surface area contributed by atoms with E-state index in [1.165, 1.54) is 5.56 Å². The van der Waals surface area contributed by atoms with Crippen molar-refractivity contribution in [3.8, 4) is 5.75 Å². The van der Waals surface area contributed by atoms with Crippen LogP contribution in [0.4, 0.5) is 5.82 Å². The fourth-order valence-electron chi connectivity index (χ4n) is 3.08. The summed E-state index contributed by atoms with van der Waals surface area (Å²) in [7, 11) is 2.02. The molecule has 5 nitrogen and oxygen atoms in total. The average molecular weight is 341 g/mol. The zero-order chi connectivity index (χ0) is 18.0. The van der Waals surface area contributed by atoms with Crippen LogP contribution in [-0.4, -0.2) is 41.4 Å². The maximum atomic E-state index is 9.52. The van der Waals surface area contributed by atoms with Crippen LogP contribution in [0.3, 0.4) is 0 Å². The van der Waals surface area contributed by atoms with Crippen LogP contribution >= 0.6 is 0 Å². The number of likely N-dealkylation sites (N-methyl/N-ethyl adjacent to an activating group) is 1. The largest absolute Gasteiger partial charge is 0.491 e. The summed E-state index contributed by atoms with van der Waals surface area (Å²) in [5.74, 6) is 2.98. The molecule has 0 spiro atoms. The second-order valence-corrected chi connectivity index (χ2v) is 7.06. The summed E-state index contributed by atoms with van der Waals surface area (Å²) in [4.78, 5) is 11.2. The van der Waals surface area contributed by atoms with E-state index in [9.17, 15) is 5.11 Å². The molecule has 1 aliphatic rings. The maximum Gasteiger partial charge on any atom is 0.132 e. The summed E-state index contributed by atoms with van der Waals surface area (Å²) in [6.45, 7) is 7.40. The molecule has 0 radical (unpaired) electrons. The Bertz CT molecular complexity index is 742. The molecule has 1 aromatic heterocycles. The Hall–Kier alpha value is -2.14. The highest BCUT2D eigenvalue weighted by molar-refractivity contribution is 5.40. The first-order valence-electron chi connectivity index (χ1n) is 8.87. The normalized spacial score (nSPS) is 19.4. The lowest BCUT2D eigenvalue weighted by molar-refractivity contribution is 0.0731. The quantitative estimate of drug-likeness (QED) is 0.875. The molecule has 3 rings (SSSR count). The van der Waals surface area contributed by atoms with Crippen LogP contribution in [0.5, 0.6) is 5.75 Å². The van der Waals surface area contributed by atoms with Crippen molar-refractivity contribution in [1.82, 2.24) is 9.97 Å². The Kier molecular flexibility index (Phi) is 5.23. The topological polar surface area (TPSA) is 58.5 Å². The fourth-order valence-corrected chi connectivity index (χ4v) is 3.08. The van der Waals surface area contributed by atoms with Crippen molar-refractivity contribution >= 4 is 5.82 Å². The molecule has 0 saturated heterocycles. The van der Waals surface area contributed by atoms with Crippen LogP contribution in [0, 0.1) is 20.8 Å². The van der Waals surface area contributed by atoms with Gasteiger partial charge in [0.1, 0.15) is 24.0 Å². The van der Waals surface area contributed by atoms with E-state index in [-0.39, 0.29) is 6.10 Å². The zero-order valence-corrected chi connectivity index (χ0v) is 15.5. The van der Waals surface area contributed by atoms with Crippen LogP contribution in [-0.2, 0) is 0 Å². The Morgan fingerprint density at radius 2 is 1.92 bits per heavy atom. The van der Waals surface area contributed by atoms with Gasteiger partial charge in [-0.05, 0) is 50.8 Å². The Morgan fingerprint density at radius 1 is 1.16 bits per heavy atom. The van der Waals surface area contributed by atoms with Gasteiger partial charge in [0.05, 0.1) is 12.6 Å². The Labute approximate surface area is 149 Å². The summed E-state index contributed by atoms with van der Waals surface area (Å²) in [6, 6.07) is 8.30. The number of aliphatic hydroxyl groups excluding tert-OH is 1. The molecule has 1 saturated carbocycles. The van der Waals surface area contributed by atoms with Crippen molar-refractivity contribution in [1.29, 1.82) is 0 Å². The van der Waals surface area contributed by atoms with Gasteiger partial charge in [-0.25, -0.2) is 9.97 Å². The van der Waals surface area contributed by atoms with Gasteiger partial charge >= 0.3 is 0 Å². The smallest absolute Gasteiger partial charge is 0.132 e.